The highest BCUT2D eigenvalue weighted by Gasteiger charge is 2.10. The highest BCUT2D eigenvalue weighted by molar-refractivity contribution is 5.31. The number of anilines is 1. The van der Waals surface area contributed by atoms with Crippen LogP contribution in [0.5, 0.6) is 0 Å². The fourth-order valence-electron chi connectivity index (χ4n) is 2.27. The molecule has 0 aliphatic rings. The first-order valence-electron chi connectivity index (χ1n) is 6.92. The molecule has 0 aromatic carbocycles. The van der Waals surface area contributed by atoms with Crippen LogP contribution in [0.2, 0.25) is 0 Å². The minimum atomic E-state index is 0.666. The summed E-state index contributed by atoms with van der Waals surface area (Å²) in [5, 5.41) is 7.78. The molecule has 0 aliphatic heterocycles. The van der Waals surface area contributed by atoms with E-state index in [1.165, 1.54) is 5.56 Å². The van der Waals surface area contributed by atoms with Gasteiger partial charge in [0.25, 0.3) is 0 Å². The topological polar surface area (TPSA) is 56.9 Å². The van der Waals surface area contributed by atoms with E-state index in [2.05, 4.69) is 39.3 Å². The molecule has 0 unspecified atom stereocenters. The number of ether oxygens (including phenoxy) is 1. The Kier molecular flexibility index (Phi) is 4.79. The normalized spacial score (nSPS) is 11.0. The van der Waals surface area contributed by atoms with Crippen molar-refractivity contribution in [1.82, 2.24) is 19.3 Å². The van der Waals surface area contributed by atoms with Crippen LogP contribution in [0.15, 0.2) is 12.4 Å². The number of aromatic nitrogens is 4. The Balaban J connectivity index is 2.15. The number of methoxy groups -OCH3 is 1. The van der Waals surface area contributed by atoms with Crippen LogP contribution in [-0.2, 0) is 24.8 Å². The van der Waals surface area contributed by atoms with E-state index in [1.807, 2.05) is 18.7 Å². The van der Waals surface area contributed by atoms with Crippen molar-refractivity contribution < 1.29 is 4.74 Å². The predicted octanol–water partition coefficient (Wildman–Crippen LogP) is 1.59. The third kappa shape index (κ3) is 3.39. The first-order chi connectivity index (χ1) is 9.63. The summed E-state index contributed by atoms with van der Waals surface area (Å²) >= 11 is 0. The Labute approximate surface area is 119 Å². The Morgan fingerprint density at radius 2 is 2.15 bits per heavy atom. The van der Waals surface area contributed by atoms with E-state index in [4.69, 9.17) is 4.74 Å². The molecule has 2 aromatic heterocycles. The molecule has 20 heavy (non-hydrogen) atoms. The largest absolute Gasteiger partial charge is 0.383 e. The Morgan fingerprint density at radius 1 is 1.35 bits per heavy atom. The third-order valence-corrected chi connectivity index (χ3v) is 3.15. The standard InChI is InChI=1S/C14H23N5O/c1-5-13-12(9-18(3)17-13)10-19-8-11(2)16-14(19)15-6-7-20-4/h8-9H,5-7,10H2,1-4H3,(H,15,16). The van der Waals surface area contributed by atoms with Crippen LogP contribution in [0, 0.1) is 6.92 Å². The second kappa shape index (κ2) is 6.56. The van der Waals surface area contributed by atoms with Gasteiger partial charge in [0.1, 0.15) is 0 Å². The molecule has 0 amide bonds. The van der Waals surface area contributed by atoms with Gasteiger partial charge in [0.15, 0.2) is 0 Å². The molecule has 2 rings (SSSR count). The van der Waals surface area contributed by atoms with Gasteiger partial charge in [0, 0.05) is 38.7 Å². The molecule has 0 fully saturated rings. The van der Waals surface area contributed by atoms with E-state index in [0.717, 1.165) is 36.8 Å². The van der Waals surface area contributed by atoms with E-state index < -0.39 is 0 Å². The second-order valence-electron chi connectivity index (χ2n) is 4.88. The number of nitrogens with zero attached hydrogens (tertiary/aromatic N) is 4. The van der Waals surface area contributed by atoms with Crippen molar-refractivity contribution in [1.29, 1.82) is 0 Å². The van der Waals surface area contributed by atoms with Crippen molar-refractivity contribution in [3.63, 3.8) is 0 Å². The number of imidazole rings is 1. The zero-order valence-corrected chi connectivity index (χ0v) is 12.7. The summed E-state index contributed by atoms with van der Waals surface area (Å²) in [7, 11) is 3.65. The van der Waals surface area contributed by atoms with Crippen LogP contribution in [0.1, 0.15) is 23.9 Å². The van der Waals surface area contributed by atoms with Crippen LogP contribution < -0.4 is 5.32 Å². The van der Waals surface area contributed by atoms with Crippen molar-refractivity contribution >= 4 is 5.95 Å². The lowest BCUT2D eigenvalue weighted by Crippen LogP contribution is -2.13. The molecule has 2 aromatic rings. The summed E-state index contributed by atoms with van der Waals surface area (Å²) in [5.74, 6) is 0.880. The van der Waals surface area contributed by atoms with E-state index in [9.17, 15) is 0 Å². The van der Waals surface area contributed by atoms with Gasteiger partial charge >= 0.3 is 0 Å². The summed E-state index contributed by atoms with van der Waals surface area (Å²) in [6.07, 6.45) is 5.07. The van der Waals surface area contributed by atoms with Gasteiger partial charge in [-0.15, -0.1) is 0 Å². The average Bonchev–Trinajstić information content (AvgIpc) is 2.93. The van der Waals surface area contributed by atoms with Gasteiger partial charge in [0.2, 0.25) is 5.95 Å². The molecule has 0 saturated carbocycles. The predicted molar refractivity (Wildman–Crippen MR) is 79.0 cm³/mol. The molecule has 0 spiro atoms. The summed E-state index contributed by atoms with van der Waals surface area (Å²) < 4.78 is 9.05. The Morgan fingerprint density at radius 3 is 2.85 bits per heavy atom. The van der Waals surface area contributed by atoms with Gasteiger partial charge in [-0.05, 0) is 13.3 Å². The zero-order chi connectivity index (χ0) is 14.5. The fraction of sp³-hybridized carbons (Fsp3) is 0.571. The summed E-state index contributed by atoms with van der Waals surface area (Å²) in [6.45, 7) is 6.33. The third-order valence-electron chi connectivity index (χ3n) is 3.15. The number of nitrogens with one attached hydrogen (secondary N) is 1. The molecule has 110 valence electrons. The molecule has 0 atom stereocenters. The smallest absolute Gasteiger partial charge is 0.203 e. The second-order valence-corrected chi connectivity index (χ2v) is 4.88. The van der Waals surface area contributed by atoms with Crippen LogP contribution in [0.4, 0.5) is 5.95 Å². The number of hydrogen-bond acceptors (Lipinski definition) is 4. The number of hydrogen-bond donors (Lipinski definition) is 1. The van der Waals surface area contributed by atoms with Gasteiger partial charge in [-0.25, -0.2) is 4.98 Å². The van der Waals surface area contributed by atoms with Crippen molar-refractivity contribution in [2.24, 2.45) is 7.05 Å². The molecular formula is C14H23N5O. The first kappa shape index (κ1) is 14.6. The van der Waals surface area contributed by atoms with Crippen molar-refractivity contribution in [3.8, 4) is 0 Å². The molecule has 6 heteroatoms. The maximum Gasteiger partial charge on any atom is 0.203 e. The lowest BCUT2D eigenvalue weighted by Gasteiger charge is -2.09. The lowest BCUT2D eigenvalue weighted by molar-refractivity contribution is 0.210. The SMILES string of the molecule is CCc1nn(C)cc1Cn1cc(C)nc1NCCOC. The van der Waals surface area contributed by atoms with Gasteiger partial charge in [-0.3, -0.25) is 4.68 Å². The van der Waals surface area contributed by atoms with Crippen LogP contribution in [-0.4, -0.2) is 39.6 Å². The molecule has 6 nitrogen and oxygen atoms in total. The summed E-state index contributed by atoms with van der Waals surface area (Å²) in [5.41, 5.74) is 3.38. The van der Waals surface area contributed by atoms with Crippen molar-refractivity contribution in [2.75, 3.05) is 25.6 Å². The molecule has 2 heterocycles. The van der Waals surface area contributed by atoms with E-state index in [0.29, 0.717) is 6.61 Å². The Hall–Kier alpha value is -1.82. The number of aryl methyl sites for hydroxylation is 3. The fourth-order valence-corrected chi connectivity index (χ4v) is 2.27. The van der Waals surface area contributed by atoms with Crippen molar-refractivity contribution in [3.05, 3.63) is 29.3 Å². The monoisotopic (exact) mass is 277 g/mol. The minimum absolute atomic E-state index is 0.666. The summed E-state index contributed by atoms with van der Waals surface area (Å²) in [6, 6.07) is 0. The van der Waals surface area contributed by atoms with Crippen LogP contribution in [0.3, 0.4) is 0 Å². The highest BCUT2D eigenvalue weighted by atomic mass is 16.5. The maximum absolute atomic E-state index is 5.06. The molecule has 0 saturated heterocycles. The molecular weight excluding hydrogens is 254 g/mol. The number of rotatable bonds is 7. The summed E-state index contributed by atoms with van der Waals surface area (Å²) in [4.78, 5) is 4.51. The zero-order valence-electron chi connectivity index (χ0n) is 12.7. The van der Waals surface area contributed by atoms with E-state index >= 15 is 0 Å². The van der Waals surface area contributed by atoms with Crippen molar-refractivity contribution in [2.45, 2.75) is 26.8 Å². The van der Waals surface area contributed by atoms with Gasteiger partial charge < -0.3 is 14.6 Å². The molecule has 1 N–H and O–H groups in total. The van der Waals surface area contributed by atoms with Crippen LogP contribution >= 0.6 is 0 Å². The quantitative estimate of drug-likeness (QED) is 0.781. The van der Waals surface area contributed by atoms with E-state index in [-0.39, 0.29) is 0 Å². The van der Waals surface area contributed by atoms with Gasteiger partial charge in [-0.1, -0.05) is 6.92 Å². The highest BCUT2D eigenvalue weighted by Crippen LogP contribution is 2.14. The average molecular weight is 277 g/mol. The molecule has 0 radical (unpaired) electrons. The first-order valence-corrected chi connectivity index (χ1v) is 6.92. The minimum Gasteiger partial charge on any atom is -0.383 e. The Bertz CT molecular complexity index is 558. The van der Waals surface area contributed by atoms with E-state index in [1.54, 1.807) is 7.11 Å². The molecule has 0 aliphatic carbocycles. The van der Waals surface area contributed by atoms with Crippen LogP contribution in [0.25, 0.3) is 0 Å². The molecule has 0 bridgehead atoms. The maximum atomic E-state index is 5.06. The van der Waals surface area contributed by atoms with Gasteiger partial charge in [0.05, 0.1) is 24.5 Å². The van der Waals surface area contributed by atoms with Gasteiger partial charge in [-0.2, -0.15) is 5.10 Å². The lowest BCUT2D eigenvalue weighted by atomic mass is 10.2.